The van der Waals surface area contributed by atoms with Crippen molar-refractivity contribution in [2.45, 2.75) is 19.9 Å². The van der Waals surface area contributed by atoms with Gasteiger partial charge in [0, 0.05) is 29.4 Å². The smallest absolute Gasteiger partial charge is 0.325 e. The van der Waals surface area contributed by atoms with E-state index in [0.717, 1.165) is 17.0 Å². The molecule has 0 saturated carbocycles. The fourth-order valence-corrected chi connectivity index (χ4v) is 3.30. The molecule has 10 nitrogen and oxygen atoms in total. The number of nitrogens with zero attached hydrogens (tertiary/aromatic N) is 1. The van der Waals surface area contributed by atoms with Crippen LogP contribution in [0.3, 0.4) is 0 Å². The molecule has 1 aromatic heterocycles. The number of rotatable bonds is 6. The Balaban J connectivity index is 1.40. The first-order valence-electron chi connectivity index (χ1n) is 8.73. The first-order valence-corrected chi connectivity index (χ1v) is 9.61. The summed E-state index contributed by atoms with van der Waals surface area (Å²) in [6.07, 6.45) is -0.0614. The van der Waals surface area contributed by atoms with E-state index in [1.54, 1.807) is 30.5 Å². The van der Waals surface area contributed by atoms with E-state index in [1.165, 1.54) is 4.57 Å². The van der Waals surface area contributed by atoms with Gasteiger partial charge in [0.05, 0.1) is 6.42 Å². The Kier molecular flexibility index (Phi) is 6.50. The van der Waals surface area contributed by atoms with Crippen LogP contribution in [0.2, 0.25) is 0 Å². The standard InChI is InChI=1S/C18H19N3O7S/c1-11-10-29-18(25)21(11)5-4-16(23)28-9-15(22)20-17(24)19-12-2-3-13-14(8-12)27-7-6-26-13/h2-3,8,10H,4-7,9H2,1H3,(H2,19,20,22,24). The van der Waals surface area contributed by atoms with Gasteiger partial charge in [-0.25, -0.2) is 4.79 Å². The lowest BCUT2D eigenvalue weighted by Crippen LogP contribution is -2.37. The van der Waals surface area contributed by atoms with Crippen molar-refractivity contribution < 1.29 is 28.6 Å². The lowest BCUT2D eigenvalue weighted by Gasteiger charge is -2.19. The predicted molar refractivity (Wildman–Crippen MR) is 103 cm³/mol. The topological polar surface area (TPSA) is 125 Å². The second kappa shape index (κ2) is 9.24. The maximum absolute atomic E-state index is 11.9. The third-order valence-electron chi connectivity index (χ3n) is 3.93. The van der Waals surface area contributed by atoms with Crippen LogP contribution in [-0.2, 0) is 20.9 Å². The highest BCUT2D eigenvalue weighted by molar-refractivity contribution is 7.07. The molecule has 0 bridgehead atoms. The number of benzene rings is 1. The van der Waals surface area contributed by atoms with Crippen molar-refractivity contribution in [1.82, 2.24) is 9.88 Å². The van der Waals surface area contributed by atoms with Crippen molar-refractivity contribution in [2.24, 2.45) is 0 Å². The summed E-state index contributed by atoms with van der Waals surface area (Å²) in [5, 5.41) is 6.24. The predicted octanol–water partition coefficient (Wildman–Crippen LogP) is 1.27. The average molecular weight is 421 g/mol. The minimum atomic E-state index is -0.780. The number of anilines is 1. The molecule has 1 aliphatic rings. The number of carbonyl (C=O) groups excluding carboxylic acids is 3. The first-order chi connectivity index (χ1) is 13.9. The Morgan fingerprint density at radius 3 is 2.69 bits per heavy atom. The largest absolute Gasteiger partial charge is 0.486 e. The molecule has 0 aliphatic carbocycles. The van der Waals surface area contributed by atoms with E-state index in [1.807, 2.05) is 0 Å². The van der Waals surface area contributed by atoms with Crippen molar-refractivity contribution in [3.63, 3.8) is 0 Å². The fraction of sp³-hybridized carbons (Fsp3) is 0.333. The fourth-order valence-electron chi connectivity index (χ4n) is 2.54. The zero-order valence-electron chi connectivity index (χ0n) is 15.6. The number of thiazole rings is 1. The molecule has 0 unspecified atom stereocenters. The molecular weight excluding hydrogens is 402 g/mol. The maximum atomic E-state index is 11.9. The van der Waals surface area contributed by atoms with E-state index in [9.17, 15) is 19.2 Å². The Morgan fingerprint density at radius 1 is 1.21 bits per heavy atom. The van der Waals surface area contributed by atoms with E-state index in [0.29, 0.717) is 30.4 Å². The van der Waals surface area contributed by atoms with Gasteiger partial charge in [-0.1, -0.05) is 11.3 Å². The Hall–Kier alpha value is -3.34. The molecule has 2 N–H and O–H groups in total. The van der Waals surface area contributed by atoms with E-state index < -0.39 is 24.5 Å². The minimum absolute atomic E-state index is 0.0614. The van der Waals surface area contributed by atoms with Crippen LogP contribution < -0.4 is 25.0 Å². The van der Waals surface area contributed by atoms with Gasteiger partial charge in [0.2, 0.25) is 0 Å². The third-order valence-corrected chi connectivity index (χ3v) is 4.81. The van der Waals surface area contributed by atoms with Crippen molar-refractivity contribution in [1.29, 1.82) is 0 Å². The monoisotopic (exact) mass is 421 g/mol. The highest BCUT2D eigenvalue weighted by Crippen LogP contribution is 2.32. The SMILES string of the molecule is Cc1csc(=O)n1CCC(=O)OCC(=O)NC(=O)Nc1ccc2c(c1)OCCO2. The van der Waals surface area contributed by atoms with E-state index >= 15 is 0 Å². The van der Waals surface area contributed by atoms with Crippen LogP contribution >= 0.6 is 11.3 Å². The molecule has 3 amide bonds. The molecule has 11 heteroatoms. The summed E-state index contributed by atoms with van der Waals surface area (Å²) >= 11 is 1.05. The average Bonchev–Trinajstić information content (AvgIpc) is 3.02. The lowest BCUT2D eigenvalue weighted by atomic mass is 10.2. The van der Waals surface area contributed by atoms with Gasteiger partial charge in [-0.05, 0) is 19.1 Å². The number of fused-ring (bicyclic) bond motifs is 1. The number of aromatic nitrogens is 1. The van der Waals surface area contributed by atoms with Crippen LogP contribution in [0.5, 0.6) is 11.5 Å². The summed E-state index contributed by atoms with van der Waals surface area (Å²) < 4.78 is 17.1. The molecule has 0 spiro atoms. The minimum Gasteiger partial charge on any atom is -0.486 e. The number of hydrogen-bond donors (Lipinski definition) is 2. The lowest BCUT2D eigenvalue weighted by molar-refractivity contribution is -0.148. The molecule has 0 radical (unpaired) electrons. The van der Waals surface area contributed by atoms with Crippen molar-refractivity contribution in [3.8, 4) is 11.5 Å². The van der Waals surface area contributed by atoms with Gasteiger partial charge in [-0.2, -0.15) is 0 Å². The van der Waals surface area contributed by atoms with Gasteiger partial charge in [0.25, 0.3) is 5.91 Å². The first kappa shape index (κ1) is 20.4. The maximum Gasteiger partial charge on any atom is 0.325 e. The number of esters is 1. The van der Waals surface area contributed by atoms with Gasteiger partial charge in [-0.15, -0.1) is 0 Å². The number of nitrogens with one attached hydrogen (secondary N) is 2. The number of aryl methyl sites for hydroxylation is 1. The number of hydrogen-bond acceptors (Lipinski definition) is 8. The van der Waals surface area contributed by atoms with Crippen LogP contribution in [0.4, 0.5) is 10.5 Å². The van der Waals surface area contributed by atoms with Gasteiger partial charge in [0.1, 0.15) is 13.2 Å². The molecule has 154 valence electrons. The summed E-state index contributed by atoms with van der Waals surface area (Å²) in [6, 6.07) is 4.05. The number of urea groups is 1. The van der Waals surface area contributed by atoms with Crippen LogP contribution in [0.25, 0.3) is 0 Å². The highest BCUT2D eigenvalue weighted by Gasteiger charge is 2.15. The summed E-state index contributed by atoms with van der Waals surface area (Å²) in [7, 11) is 0. The van der Waals surface area contributed by atoms with Crippen molar-refractivity contribution >= 4 is 34.9 Å². The number of carbonyl (C=O) groups is 3. The molecular formula is C18H19N3O7S. The van der Waals surface area contributed by atoms with Crippen LogP contribution in [0.15, 0.2) is 28.4 Å². The second-order valence-electron chi connectivity index (χ2n) is 6.07. The molecule has 0 saturated heterocycles. The summed E-state index contributed by atoms with van der Waals surface area (Å²) in [5.74, 6) is -0.360. The third kappa shape index (κ3) is 5.57. The summed E-state index contributed by atoms with van der Waals surface area (Å²) in [4.78, 5) is 46.8. The molecule has 2 aromatic rings. The highest BCUT2D eigenvalue weighted by atomic mass is 32.1. The Labute approximate surface area is 169 Å². The zero-order chi connectivity index (χ0) is 20.8. The normalized spacial score (nSPS) is 12.2. The molecule has 0 atom stereocenters. The van der Waals surface area contributed by atoms with Crippen molar-refractivity contribution in [2.75, 3.05) is 25.1 Å². The molecule has 3 rings (SSSR count). The summed E-state index contributed by atoms with van der Waals surface area (Å²) in [6.45, 7) is 2.19. The molecule has 1 aromatic carbocycles. The van der Waals surface area contributed by atoms with Gasteiger partial charge >= 0.3 is 16.9 Å². The van der Waals surface area contributed by atoms with Crippen LogP contribution in [-0.4, -0.2) is 42.3 Å². The van der Waals surface area contributed by atoms with Gasteiger partial charge in [-0.3, -0.25) is 19.7 Å². The summed E-state index contributed by atoms with van der Waals surface area (Å²) in [5.41, 5.74) is 1.16. The zero-order valence-corrected chi connectivity index (χ0v) is 16.4. The quantitative estimate of drug-likeness (QED) is 0.673. The van der Waals surface area contributed by atoms with E-state index in [4.69, 9.17) is 14.2 Å². The van der Waals surface area contributed by atoms with Crippen molar-refractivity contribution in [3.05, 3.63) is 38.9 Å². The van der Waals surface area contributed by atoms with Gasteiger partial charge in [0.15, 0.2) is 18.1 Å². The van der Waals surface area contributed by atoms with Gasteiger partial charge < -0.3 is 24.1 Å². The van der Waals surface area contributed by atoms with E-state index in [-0.39, 0.29) is 17.8 Å². The number of amides is 3. The van der Waals surface area contributed by atoms with Crippen LogP contribution in [0.1, 0.15) is 12.1 Å². The Bertz CT molecular complexity index is 982. The van der Waals surface area contributed by atoms with E-state index in [2.05, 4.69) is 10.6 Å². The van der Waals surface area contributed by atoms with Crippen LogP contribution in [0, 0.1) is 6.92 Å². The molecule has 29 heavy (non-hydrogen) atoms. The molecule has 1 aliphatic heterocycles. The Morgan fingerprint density at radius 2 is 1.97 bits per heavy atom. The second-order valence-corrected chi connectivity index (χ2v) is 6.89. The number of imide groups is 1. The molecule has 0 fully saturated rings. The molecule has 2 heterocycles. The number of ether oxygens (including phenoxy) is 3.